The zero-order valence-electron chi connectivity index (χ0n) is 12.6. The van der Waals surface area contributed by atoms with Gasteiger partial charge in [-0.2, -0.15) is 0 Å². The van der Waals surface area contributed by atoms with Crippen LogP contribution < -0.4 is 4.90 Å². The van der Waals surface area contributed by atoms with Crippen LogP contribution in [0.4, 0.5) is 10.5 Å². The van der Waals surface area contributed by atoms with Crippen molar-refractivity contribution in [2.24, 2.45) is 0 Å². The maximum absolute atomic E-state index is 12.2. The number of carbonyl (C=O) groups excluding carboxylic acids is 3. The number of nitrogens with zero attached hydrogens (tertiary/aromatic N) is 2. The molecule has 0 spiro atoms. The van der Waals surface area contributed by atoms with E-state index in [1.165, 1.54) is 4.90 Å². The molecule has 118 valence electrons. The van der Waals surface area contributed by atoms with Crippen LogP contribution in [0.15, 0.2) is 24.3 Å². The molecule has 0 atom stereocenters. The molecule has 0 aromatic heterocycles. The molecule has 0 saturated carbocycles. The van der Waals surface area contributed by atoms with Gasteiger partial charge in [0.1, 0.15) is 13.3 Å². The van der Waals surface area contributed by atoms with Crippen molar-refractivity contribution in [1.82, 2.24) is 4.90 Å². The van der Waals surface area contributed by atoms with Crippen LogP contribution in [0.3, 0.4) is 0 Å². The van der Waals surface area contributed by atoms with Gasteiger partial charge in [0.05, 0.1) is 12.2 Å². The summed E-state index contributed by atoms with van der Waals surface area (Å²) < 4.78 is 10.0. The van der Waals surface area contributed by atoms with Gasteiger partial charge >= 0.3 is 12.0 Å². The van der Waals surface area contributed by atoms with Crippen molar-refractivity contribution in [2.45, 2.75) is 13.8 Å². The molecular weight excluding hydrogens is 288 g/mol. The topological polar surface area (TPSA) is 76.2 Å². The number of carbonyl (C=O) groups is 3. The van der Waals surface area contributed by atoms with E-state index in [1.807, 2.05) is 0 Å². The lowest BCUT2D eigenvalue weighted by molar-refractivity contribution is -0.128. The number of rotatable bonds is 6. The van der Waals surface area contributed by atoms with Crippen LogP contribution in [0, 0.1) is 0 Å². The van der Waals surface area contributed by atoms with Gasteiger partial charge in [0.25, 0.3) is 5.91 Å². The lowest BCUT2D eigenvalue weighted by Gasteiger charge is -2.17. The van der Waals surface area contributed by atoms with Gasteiger partial charge in [0, 0.05) is 12.3 Å². The van der Waals surface area contributed by atoms with Gasteiger partial charge in [-0.15, -0.1) is 0 Å². The number of benzene rings is 1. The SMILES string of the molecule is CCOCN1C(=O)CN(c2ccc(C(=O)OCC)cc2)C1=O. The minimum Gasteiger partial charge on any atom is -0.462 e. The van der Waals surface area contributed by atoms with Crippen LogP contribution in [-0.2, 0) is 14.3 Å². The molecular formula is C15H18N2O5. The Morgan fingerprint density at radius 1 is 1.14 bits per heavy atom. The monoisotopic (exact) mass is 306 g/mol. The lowest BCUT2D eigenvalue weighted by Crippen LogP contribution is -2.34. The number of esters is 1. The van der Waals surface area contributed by atoms with Crippen molar-refractivity contribution in [1.29, 1.82) is 0 Å². The lowest BCUT2D eigenvalue weighted by atomic mass is 10.2. The van der Waals surface area contributed by atoms with Crippen LogP contribution in [0.1, 0.15) is 24.2 Å². The fourth-order valence-corrected chi connectivity index (χ4v) is 2.04. The summed E-state index contributed by atoms with van der Waals surface area (Å²) in [5.74, 6) is -0.733. The van der Waals surface area contributed by atoms with Crippen molar-refractivity contribution >= 4 is 23.6 Å². The Hall–Kier alpha value is -2.41. The van der Waals surface area contributed by atoms with E-state index < -0.39 is 12.0 Å². The number of ether oxygens (including phenoxy) is 2. The Bertz CT molecular complexity index is 570. The second kappa shape index (κ2) is 7.04. The number of urea groups is 1. The Balaban J connectivity index is 2.10. The molecule has 1 aliphatic rings. The van der Waals surface area contributed by atoms with Crippen molar-refractivity contribution in [3.05, 3.63) is 29.8 Å². The van der Waals surface area contributed by atoms with E-state index in [-0.39, 0.29) is 19.2 Å². The van der Waals surface area contributed by atoms with Gasteiger partial charge < -0.3 is 9.47 Å². The van der Waals surface area contributed by atoms with Crippen LogP contribution in [0.5, 0.6) is 0 Å². The maximum Gasteiger partial charge on any atom is 0.338 e. The van der Waals surface area contributed by atoms with E-state index in [2.05, 4.69) is 0 Å². The molecule has 3 amide bonds. The summed E-state index contributed by atoms with van der Waals surface area (Å²) in [5, 5.41) is 0. The van der Waals surface area contributed by atoms with Gasteiger partial charge in [-0.25, -0.2) is 14.5 Å². The molecule has 1 saturated heterocycles. The van der Waals surface area contributed by atoms with Gasteiger partial charge in [0.15, 0.2) is 0 Å². The van der Waals surface area contributed by atoms with Crippen LogP contribution in [-0.4, -0.2) is 49.3 Å². The zero-order valence-corrected chi connectivity index (χ0v) is 12.6. The molecule has 0 unspecified atom stereocenters. The molecule has 22 heavy (non-hydrogen) atoms. The number of imide groups is 1. The van der Waals surface area contributed by atoms with E-state index >= 15 is 0 Å². The standard InChI is InChI=1S/C15H18N2O5/c1-3-21-10-17-13(18)9-16(15(17)20)12-7-5-11(6-8-12)14(19)22-4-2/h5-8H,3-4,9-10H2,1-2H3. The molecule has 7 heteroatoms. The van der Waals surface area contributed by atoms with Crippen molar-refractivity contribution in [2.75, 3.05) is 31.4 Å². The van der Waals surface area contributed by atoms with Crippen molar-refractivity contribution in [3.63, 3.8) is 0 Å². The quantitative estimate of drug-likeness (QED) is 0.590. The Labute approximate surface area is 128 Å². The second-order valence-electron chi connectivity index (χ2n) is 4.58. The first-order chi connectivity index (χ1) is 10.6. The molecule has 7 nitrogen and oxygen atoms in total. The van der Waals surface area contributed by atoms with E-state index in [0.29, 0.717) is 24.5 Å². The summed E-state index contributed by atoms with van der Waals surface area (Å²) in [5.41, 5.74) is 0.945. The minimum absolute atomic E-state index is 0.0370. The number of hydrogen-bond acceptors (Lipinski definition) is 5. The largest absolute Gasteiger partial charge is 0.462 e. The summed E-state index contributed by atoms with van der Waals surface area (Å²) in [6.07, 6.45) is 0. The fourth-order valence-electron chi connectivity index (χ4n) is 2.04. The maximum atomic E-state index is 12.2. The first-order valence-corrected chi connectivity index (χ1v) is 7.05. The molecule has 1 aromatic carbocycles. The third kappa shape index (κ3) is 3.25. The minimum atomic E-state index is -0.428. The average molecular weight is 306 g/mol. The van der Waals surface area contributed by atoms with Crippen LogP contribution in [0.25, 0.3) is 0 Å². The molecule has 1 fully saturated rings. The van der Waals surface area contributed by atoms with Crippen molar-refractivity contribution < 1.29 is 23.9 Å². The summed E-state index contributed by atoms with van der Waals surface area (Å²) >= 11 is 0. The fraction of sp³-hybridized carbons (Fsp3) is 0.400. The number of amides is 3. The van der Waals surface area contributed by atoms with E-state index in [9.17, 15) is 14.4 Å². The van der Waals surface area contributed by atoms with Crippen LogP contribution in [0.2, 0.25) is 0 Å². The first kappa shape index (κ1) is 16.0. The zero-order chi connectivity index (χ0) is 16.1. The average Bonchev–Trinajstić information content (AvgIpc) is 2.80. The highest BCUT2D eigenvalue weighted by Gasteiger charge is 2.36. The summed E-state index contributed by atoms with van der Waals surface area (Å²) in [4.78, 5) is 38.0. The second-order valence-corrected chi connectivity index (χ2v) is 4.58. The number of anilines is 1. The van der Waals surface area contributed by atoms with Crippen LogP contribution >= 0.6 is 0 Å². The molecule has 1 aromatic rings. The molecule has 0 bridgehead atoms. The smallest absolute Gasteiger partial charge is 0.338 e. The molecule has 0 radical (unpaired) electrons. The van der Waals surface area contributed by atoms with Gasteiger partial charge in [-0.1, -0.05) is 0 Å². The van der Waals surface area contributed by atoms with E-state index in [1.54, 1.807) is 38.1 Å². The molecule has 2 rings (SSSR count). The van der Waals surface area contributed by atoms with E-state index in [4.69, 9.17) is 9.47 Å². The summed E-state index contributed by atoms with van der Waals surface area (Å²) in [6, 6.07) is 5.93. The van der Waals surface area contributed by atoms with Crippen molar-refractivity contribution in [3.8, 4) is 0 Å². The third-order valence-electron chi connectivity index (χ3n) is 3.17. The van der Waals surface area contributed by atoms with Gasteiger partial charge in [-0.05, 0) is 38.1 Å². The van der Waals surface area contributed by atoms with Gasteiger partial charge in [0.2, 0.25) is 0 Å². The number of hydrogen-bond donors (Lipinski definition) is 0. The molecule has 0 aliphatic carbocycles. The normalized spacial score (nSPS) is 14.6. The highest BCUT2D eigenvalue weighted by atomic mass is 16.5. The predicted octanol–water partition coefficient (Wildman–Crippen LogP) is 1.63. The Kier molecular flexibility index (Phi) is 5.11. The predicted molar refractivity (Wildman–Crippen MR) is 78.5 cm³/mol. The Morgan fingerprint density at radius 3 is 2.41 bits per heavy atom. The first-order valence-electron chi connectivity index (χ1n) is 7.05. The molecule has 1 heterocycles. The highest BCUT2D eigenvalue weighted by molar-refractivity contribution is 6.12. The van der Waals surface area contributed by atoms with Gasteiger partial charge in [-0.3, -0.25) is 9.69 Å². The van der Waals surface area contributed by atoms with E-state index in [0.717, 1.165) is 4.90 Å². The highest BCUT2D eigenvalue weighted by Crippen LogP contribution is 2.21. The summed E-state index contributed by atoms with van der Waals surface area (Å²) in [7, 11) is 0. The molecule has 0 N–H and O–H groups in total. The third-order valence-corrected chi connectivity index (χ3v) is 3.17. The summed E-state index contributed by atoms with van der Waals surface area (Å²) in [6.45, 7) is 4.15. The Morgan fingerprint density at radius 2 is 1.82 bits per heavy atom. The molecule has 1 aliphatic heterocycles.